The lowest BCUT2D eigenvalue weighted by Crippen LogP contribution is -1.95. The van der Waals surface area contributed by atoms with E-state index in [1.165, 1.54) is 0 Å². The highest BCUT2D eigenvalue weighted by Crippen LogP contribution is 2.18. The van der Waals surface area contributed by atoms with Crippen LogP contribution < -0.4 is 0 Å². The lowest BCUT2D eigenvalue weighted by atomic mass is 10.9. The van der Waals surface area contributed by atoms with E-state index >= 15 is 0 Å². The largest absolute Gasteiger partial charge is 0.133 e. The molecule has 0 saturated carbocycles. The van der Waals surface area contributed by atoms with E-state index in [0.717, 1.165) is 0 Å². The summed E-state index contributed by atoms with van der Waals surface area (Å²) in [4.78, 5) is -0.522. The Labute approximate surface area is 59.9 Å². The number of hydrogen-bond acceptors (Lipinski definition) is 0. The van der Waals surface area contributed by atoms with Crippen LogP contribution in [0.4, 0.5) is 0 Å². The monoisotopic (exact) mass is 210 g/mol. The molecule has 0 heterocycles. The Morgan fingerprint density at radius 2 is 1.33 bits per heavy atom. The molecule has 0 aromatic carbocycles. The molecule has 0 aromatic heterocycles. The standard InChI is InChI=1S/C2H2BrCl3/c3-1(4)2(5)6/h1-2H. The van der Waals surface area contributed by atoms with Gasteiger partial charge < -0.3 is 0 Å². The normalized spacial score (nSPS) is 15.5. The van der Waals surface area contributed by atoms with Gasteiger partial charge in [0.05, 0.1) is 0 Å². The summed E-state index contributed by atoms with van der Waals surface area (Å²) in [7, 11) is 0. The molecule has 0 N–H and O–H groups in total. The van der Waals surface area contributed by atoms with Crippen molar-refractivity contribution in [2.45, 2.75) is 9.12 Å². The van der Waals surface area contributed by atoms with E-state index in [9.17, 15) is 0 Å². The van der Waals surface area contributed by atoms with Gasteiger partial charge in [0.1, 0.15) is 9.12 Å². The molecule has 1 unspecified atom stereocenters. The van der Waals surface area contributed by atoms with Crippen molar-refractivity contribution in [3.63, 3.8) is 0 Å². The highest BCUT2D eigenvalue weighted by atomic mass is 79.9. The number of halogens is 4. The first-order valence-electron chi connectivity index (χ1n) is 1.21. The molecule has 38 valence electrons. The van der Waals surface area contributed by atoms with Crippen molar-refractivity contribution < 1.29 is 0 Å². The predicted octanol–water partition coefficient (Wildman–Crippen LogP) is 2.75. The quantitative estimate of drug-likeness (QED) is 0.586. The number of rotatable bonds is 1. The Hall–Kier alpha value is 1.35. The minimum absolute atomic E-state index is 0.333. The van der Waals surface area contributed by atoms with Gasteiger partial charge in [-0.25, -0.2) is 0 Å². The van der Waals surface area contributed by atoms with E-state index < -0.39 is 4.84 Å². The lowest BCUT2D eigenvalue weighted by molar-refractivity contribution is 1.33. The predicted molar refractivity (Wildman–Crippen MR) is 34.1 cm³/mol. The summed E-state index contributed by atoms with van der Waals surface area (Å²) in [6.45, 7) is 0. The second-order valence-corrected chi connectivity index (χ2v) is 3.82. The summed E-state index contributed by atoms with van der Waals surface area (Å²) in [5.41, 5.74) is 0. The van der Waals surface area contributed by atoms with E-state index in [1.54, 1.807) is 0 Å². The summed E-state index contributed by atoms with van der Waals surface area (Å²) in [6, 6.07) is 0. The zero-order valence-corrected chi connectivity index (χ0v) is 6.52. The lowest BCUT2D eigenvalue weighted by Gasteiger charge is -1.95. The maximum atomic E-state index is 5.27. The van der Waals surface area contributed by atoms with Crippen molar-refractivity contribution in [3.8, 4) is 0 Å². The maximum absolute atomic E-state index is 5.27. The molecule has 0 aliphatic carbocycles. The molecule has 6 heavy (non-hydrogen) atoms. The summed E-state index contributed by atoms with van der Waals surface area (Å²) >= 11 is 18.6. The van der Waals surface area contributed by atoms with E-state index in [0.29, 0.717) is 0 Å². The zero-order chi connectivity index (χ0) is 5.15. The van der Waals surface area contributed by atoms with Gasteiger partial charge in [0.25, 0.3) is 0 Å². The molecule has 4 heteroatoms. The highest BCUT2D eigenvalue weighted by molar-refractivity contribution is 9.10. The Balaban J connectivity index is 2.99. The topological polar surface area (TPSA) is 0 Å². The van der Waals surface area contributed by atoms with Crippen molar-refractivity contribution in [2.24, 2.45) is 0 Å². The van der Waals surface area contributed by atoms with Crippen LogP contribution in [0.1, 0.15) is 0 Å². The molecule has 1 atom stereocenters. The summed E-state index contributed by atoms with van der Waals surface area (Å²) in [6.07, 6.45) is 0. The minimum Gasteiger partial charge on any atom is -0.107 e. The van der Waals surface area contributed by atoms with Crippen molar-refractivity contribution in [2.75, 3.05) is 0 Å². The van der Waals surface area contributed by atoms with Gasteiger partial charge in [-0.2, -0.15) is 0 Å². The second kappa shape index (κ2) is 3.36. The first-order chi connectivity index (χ1) is 2.64. The molecular formula is C2H2BrCl3. The van der Waals surface area contributed by atoms with E-state index in [1.807, 2.05) is 0 Å². The molecular weight excluding hydrogens is 210 g/mol. The summed E-state index contributed by atoms with van der Waals surface area (Å²) in [5, 5.41) is 0. The van der Waals surface area contributed by atoms with E-state index in [-0.39, 0.29) is 4.29 Å². The van der Waals surface area contributed by atoms with Crippen LogP contribution in [0.5, 0.6) is 0 Å². The Morgan fingerprint density at radius 1 is 1.17 bits per heavy atom. The SMILES string of the molecule is ClC(Cl)C(Cl)Br. The fourth-order valence-electron chi connectivity index (χ4n) is 0. The molecule has 0 amide bonds. The average Bonchev–Trinajstić information content (AvgIpc) is 1.36. The van der Waals surface area contributed by atoms with Crippen molar-refractivity contribution in [1.82, 2.24) is 0 Å². The molecule has 0 nitrogen and oxygen atoms in total. The zero-order valence-electron chi connectivity index (χ0n) is 2.67. The average molecular weight is 212 g/mol. The smallest absolute Gasteiger partial charge is 0.107 e. The Kier molecular flexibility index (Phi) is 4.12. The molecule has 0 radical (unpaired) electrons. The van der Waals surface area contributed by atoms with Crippen molar-refractivity contribution >= 4 is 50.7 Å². The summed E-state index contributed by atoms with van der Waals surface area (Å²) in [5.74, 6) is 0. The third kappa shape index (κ3) is 3.54. The molecule has 0 aliphatic rings. The number of alkyl halides is 4. The third-order valence-electron chi connectivity index (χ3n) is 0.190. The van der Waals surface area contributed by atoms with Crippen LogP contribution in [0.15, 0.2) is 0 Å². The van der Waals surface area contributed by atoms with E-state index in [4.69, 9.17) is 34.8 Å². The molecule has 0 aliphatic heterocycles. The molecule has 0 saturated heterocycles. The fourth-order valence-corrected chi connectivity index (χ4v) is 0. The van der Waals surface area contributed by atoms with Gasteiger partial charge in [0, 0.05) is 0 Å². The first kappa shape index (κ1) is 7.35. The number of hydrogen-bond donors (Lipinski definition) is 0. The van der Waals surface area contributed by atoms with Gasteiger partial charge in [-0.1, -0.05) is 15.9 Å². The Morgan fingerprint density at radius 3 is 1.33 bits per heavy atom. The van der Waals surface area contributed by atoms with Crippen LogP contribution in [0.25, 0.3) is 0 Å². The van der Waals surface area contributed by atoms with Crippen molar-refractivity contribution in [1.29, 1.82) is 0 Å². The molecule has 0 spiro atoms. The van der Waals surface area contributed by atoms with Gasteiger partial charge >= 0.3 is 0 Å². The van der Waals surface area contributed by atoms with Gasteiger partial charge in [-0.05, 0) is 0 Å². The van der Waals surface area contributed by atoms with Crippen molar-refractivity contribution in [3.05, 3.63) is 0 Å². The van der Waals surface area contributed by atoms with Gasteiger partial charge in [-0.15, -0.1) is 34.8 Å². The Bertz CT molecular complexity index is 29.8. The van der Waals surface area contributed by atoms with Crippen LogP contribution >= 0.6 is 50.7 Å². The molecule has 0 aromatic rings. The molecule has 0 rings (SSSR count). The maximum Gasteiger partial charge on any atom is 0.133 e. The van der Waals surface area contributed by atoms with Crippen LogP contribution in [0.2, 0.25) is 0 Å². The van der Waals surface area contributed by atoms with E-state index in [2.05, 4.69) is 15.9 Å². The van der Waals surface area contributed by atoms with Gasteiger partial charge in [-0.3, -0.25) is 0 Å². The van der Waals surface area contributed by atoms with Gasteiger partial charge in [0.2, 0.25) is 0 Å². The molecule has 0 bridgehead atoms. The van der Waals surface area contributed by atoms with Gasteiger partial charge in [0.15, 0.2) is 0 Å². The molecule has 0 fully saturated rings. The second-order valence-electron chi connectivity index (χ2n) is 0.669. The first-order valence-corrected chi connectivity index (χ1v) is 3.43. The van der Waals surface area contributed by atoms with Crippen LogP contribution in [-0.4, -0.2) is 9.12 Å². The fraction of sp³-hybridized carbons (Fsp3) is 1.00. The summed E-state index contributed by atoms with van der Waals surface area (Å²) < 4.78 is -0.333. The van der Waals surface area contributed by atoms with Crippen LogP contribution in [0.3, 0.4) is 0 Å². The minimum atomic E-state index is -0.522. The van der Waals surface area contributed by atoms with Crippen LogP contribution in [-0.2, 0) is 0 Å². The van der Waals surface area contributed by atoms with Crippen LogP contribution in [0, 0.1) is 0 Å². The highest BCUT2D eigenvalue weighted by Gasteiger charge is 2.06. The third-order valence-corrected chi connectivity index (χ3v) is 2.34.